The van der Waals surface area contributed by atoms with E-state index in [1.807, 2.05) is 0 Å². The maximum absolute atomic E-state index is 16.0. The summed E-state index contributed by atoms with van der Waals surface area (Å²) in [5.41, 5.74) is 7.42. The molecular formula is C21H22F2N9O8P2S2-. The lowest BCUT2D eigenvalue weighted by atomic mass is 10.1. The number of fused-ring (bicyclic) bond motifs is 4. The molecule has 3 saturated heterocycles. The summed E-state index contributed by atoms with van der Waals surface area (Å²) in [7, 11) is 0. The van der Waals surface area contributed by atoms with Crippen molar-refractivity contribution in [3.8, 4) is 0 Å². The van der Waals surface area contributed by atoms with Crippen LogP contribution in [-0.2, 0) is 56.2 Å². The molecule has 23 heteroatoms. The molecule has 0 amide bonds. The van der Waals surface area contributed by atoms with Gasteiger partial charge in [0.05, 0.1) is 31.6 Å². The van der Waals surface area contributed by atoms with E-state index in [2.05, 4.69) is 29.9 Å². The van der Waals surface area contributed by atoms with Crippen LogP contribution in [0, 0.1) is 6.92 Å². The maximum atomic E-state index is 16.0. The standard InChI is InChI=1S/C21H23F2N9O8P2S2/c1-8-13-18(27-4-25-8)31(6-29-13)20-11(22)15-9(37-20)2-35-42(34,44)40-16-10(3-36-41(33,43)39-15)38-21(12(16)23)32-7-30-14-17(24)26-5-28-19(14)32/h4-7,9-12,15-16,20-21H,2-3H2,1H3,(H,33,43)(H,34,44)(H2,24,26,28)/p-1/t9-,10-,11-,12-,15-,16-,20-,21-,41?,42?/m1/s1. The SMILES string of the molecule is Cc1ncnc2c1ncn2[C@@H]1O[C@@H]2COP(O)(=S)O[C@H]3[C@@H](F)[C@H](n4cnc5c(N)ncnc54)O[C@@H]3COP(=O)([S-])O[C@H]2[C@H]1F. The molecule has 0 spiro atoms. The lowest BCUT2D eigenvalue weighted by molar-refractivity contribution is -0.0564. The first-order valence-electron chi connectivity index (χ1n) is 12.9. The van der Waals surface area contributed by atoms with Gasteiger partial charge < -0.3 is 45.9 Å². The average Bonchev–Trinajstić information content (AvgIpc) is 3.73. The number of halogens is 2. The molecule has 3 aliphatic rings. The van der Waals surface area contributed by atoms with Crippen LogP contribution >= 0.6 is 13.5 Å². The molecule has 236 valence electrons. The minimum atomic E-state index is -4.47. The monoisotopic (exact) mass is 692 g/mol. The molecule has 10 atom stereocenters. The highest BCUT2D eigenvalue weighted by molar-refractivity contribution is 8.32. The molecule has 44 heavy (non-hydrogen) atoms. The van der Waals surface area contributed by atoms with Crippen molar-refractivity contribution in [2.24, 2.45) is 0 Å². The van der Waals surface area contributed by atoms with E-state index in [1.165, 1.54) is 34.4 Å². The van der Waals surface area contributed by atoms with Crippen molar-refractivity contribution >= 4 is 65.7 Å². The number of aryl methyl sites for hydroxylation is 1. The van der Waals surface area contributed by atoms with Crippen LogP contribution in [0.2, 0.25) is 0 Å². The quantitative estimate of drug-likeness (QED) is 0.227. The van der Waals surface area contributed by atoms with E-state index < -0.39 is 75.9 Å². The summed E-state index contributed by atoms with van der Waals surface area (Å²) < 4.78 is 81.4. The summed E-state index contributed by atoms with van der Waals surface area (Å²) in [5.74, 6) is 0.0578. The van der Waals surface area contributed by atoms with Crippen molar-refractivity contribution < 1.29 is 45.8 Å². The lowest BCUT2D eigenvalue weighted by Gasteiger charge is -2.33. The fourth-order valence-electron chi connectivity index (χ4n) is 5.26. The van der Waals surface area contributed by atoms with Crippen LogP contribution in [0.15, 0.2) is 25.3 Å². The number of anilines is 1. The number of nitrogens with zero attached hydrogens (tertiary/aromatic N) is 8. The molecule has 0 aliphatic carbocycles. The third-order valence-electron chi connectivity index (χ3n) is 7.32. The molecule has 0 saturated carbocycles. The summed E-state index contributed by atoms with van der Waals surface area (Å²) in [6, 6.07) is 0. The third kappa shape index (κ3) is 5.32. The van der Waals surface area contributed by atoms with Gasteiger partial charge in [-0.25, -0.2) is 38.7 Å². The van der Waals surface area contributed by atoms with Crippen LogP contribution in [0.3, 0.4) is 0 Å². The van der Waals surface area contributed by atoms with Gasteiger partial charge in [0, 0.05) is 0 Å². The third-order valence-corrected chi connectivity index (χ3v) is 10.4. The van der Waals surface area contributed by atoms with Crippen LogP contribution < -0.4 is 5.73 Å². The Morgan fingerprint density at radius 2 is 1.45 bits per heavy atom. The molecule has 7 rings (SSSR count). The number of hydrogen-bond acceptors (Lipinski definition) is 16. The highest BCUT2D eigenvalue weighted by Crippen LogP contribution is 2.55. The van der Waals surface area contributed by atoms with Crippen molar-refractivity contribution in [2.45, 2.75) is 56.1 Å². The maximum Gasteiger partial charge on any atom is 0.325 e. The fourth-order valence-corrected chi connectivity index (χ4v) is 8.12. The predicted molar refractivity (Wildman–Crippen MR) is 151 cm³/mol. The summed E-state index contributed by atoms with van der Waals surface area (Å²) in [4.78, 5) is 35.4. The molecular weight excluding hydrogens is 670 g/mol. The van der Waals surface area contributed by atoms with Gasteiger partial charge in [-0.3, -0.25) is 18.2 Å². The minimum Gasteiger partial charge on any atom is -0.660 e. The molecule has 3 N–H and O–H groups in total. The average molecular weight is 693 g/mol. The fraction of sp³-hybridized carbons (Fsp3) is 0.524. The second-order valence-corrected chi connectivity index (χ2v) is 15.5. The molecule has 0 radical (unpaired) electrons. The van der Waals surface area contributed by atoms with Crippen molar-refractivity contribution in [3.05, 3.63) is 31.0 Å². The summed E-state index contributed by atoms with van der Waals surface area (Å²) in [6.45, 7) is -8.25. The predicted octanol–water partition coefficient (Wildman–Crippen LogP) is 1.72. The van der Waals surface area contributed by atoms with Gasteiger partial charge >= 0.3 is 6.72 Å². The number of alkyl halides is 2. The van der Waals surface area contributed by atoms with Gasteiger partial charge in [0.25, 0.3) is 0 Å². The highest BCUT2D eigenvalue weighted by atomic mass is 32.7. The number of rotatable bonds is 2. The van der Waals surface area contributed by atoms with Crippen LogP contribution in [0.25, 0.3) is 22.3 Å². The van der Waals surface area contributed by atoms with Crippen LogP contribution in [0.5, 0.6) is 0 Å². The van der Waals surface area contributed by atoms with Crippen molar-refractivity contribution in [1.29, 1.82) is 0 Å². The zero-order chi connectivity index (χ0) is 31.0. The normalized spacial score (nSPS) is 38.3. The number of imidazole rings is 2. The van der Waals surface area contributed by atoms with Gasteiger partial charge in [-0.1, -0.05) is 0 Å². The Hall–Kier alpha value is -2.29. The first-order valence-corrected chi connectivity index (χ1v) is 18.0. The zero-order valence-corrected chi connectivity index (χ0v) is 25.7. The van der Waals surface area contributed by atoms with Gasteiger partial charge in [-0.05, 0) is 18.7 Å². The van der Waals surface area contributed by atoms with Gasteiger partial charge in [0.1, 0.15) is 48.1 Å². The Balaban J connectivity index is 1.17. The zero-order valence-electron chi connectivity index (χ0n) is 22.3. The van der Waals surface area contributed by atoms with E-state index in [4.69, 9.17) is 57.4 Å². The smallest absolute Gasteiger partial charge is 0.325 e. The first-order chi connectivity index (χ1) is 20.9. The number of nitrogens with two attached hydrogens (primary N) is 1. The van der Waals surface area contributed by atoms with E-state index >= 15 is 8.78 Å². The minimum absolute atomic E-state index is 0.0578. The molecule has 4 aromatic heterocycles. The number of nitrogen functional groups attached to an aromatic ring is 1. The molecule has 3 fully saturated rings. The first kappa shape index (κ1) is 30.4. The highest BCUT2D eigenvalue weighted by Gasteiger charge is 2.53. The lowest BCUT2D eigenvalue weighted by Crippen LogP contribution is -2.37. The molecule has 17 nitrogen and oxygen atoms in total. The van der Waals surface area contributed by atoms with E-state index in [0.29, 0.717) is 11.2 Å². The van der Waals surface area contributed by atoms with Crippen molar-refractivity contribution in [3.63, 3.8) is 0 Å². The van der Waals surface area contributed by atoms with Crippen LogP contribution in [-0.4, -0.2) is 93.9 Å². The Morgan fingerprint density at radius 3 is 2.11 bits per heavy atom. The Morgan fingerprint density at radius 1 is 0.909 bits per heavy atom. The number of hydrogen-bond donors (Lipinski definition) is 2. The largest absolute Gasteiger partial charge is 0.660 e. The molecule has 0 aromatic carbocycles. The van der Waals surface area contributed by atoms with E-state index in [9.17, 15) is 9.46 Å². The second-order valence-electron chi connectivity index (χ2n) is 10.0. The van der Waals surface area contributed by atoms with Gasteiger partial charge in [-0.15, -0.1) is 0 Å². The van der Waals surface area contributed by atoms with Crippen molar-refractivity contribution in [2.75, 3.05) is 18.9 Å². The molecule has 7 heterocycles. The number of aromatic nitrogens is 8. The van der Waals surface area contributed by atoms with Crippen molar-refractivity contribution in [1.82, 2.24) is 39.0 Å². The van der Waals surface area contributed by atoms with Gasteiger partial charge in [-0.2, -0.15) is 0 Å². The summed E-state index contributed by atoms with van der Waals surface area (Å²) in [6.07, 6.45) is -7.66. The molecule has 3 aliphatic heterocycles. The molecule has 0 bridgehead atoms. The van der Waals surface area contributed by atoms with E-state index in [1.54, 1.807) is 6.92 Å². The second kappa shape index (κ2) is 11.2. The van der Waals surface area contributed by atoms with Gasteiger partial charge in [0.15, 0.2) is 48.7 Å². The summed E-state index contributed by atoms with van der Waals surface area (Å²) >= 11 is 10.2. The number of ether oxygens (including phenoxy) is 2. The van der Waals surface area contributed by atoms with Crippen LogP contribution in [0.4, 0.5) is 14.6 Å². The van der Waals surface area contributed by atoms with E-state index in [-0.39, 0.29) is 22.6 Å². The topological polar surface area (TPSA) is 206 Å². The molecule has 4 aromatic rings. The summed E-state index contributed by atoms with van der Waals surface area (Å²) in [5, 5.41) is 0. The van der Waals surface area contributed by atoms with Crippen LogP contribution in [0.1, 0.15) is 18.1 Å². The Bertz CT molecular complexity index is 1710. The Labute approximate surface area is 256 Å². The Kier molecular flexibility index (Phi) is 7.73. The van der Waals surface area contributed by atoms with Gasteiger partial charge in [0.2, 0.25) is 0 Å². The van der Waals surface area contributed by atoms with E-state index in [0.717, 1.165) is 0 Å². The molecule has 2 unspecified atom stereocenters.